The number of hydrogen-bond donors (Lipinski definition) is 9. The van der Waals surface area contributed by atoms with Crippen LogP contribution in [0.3, 0.4) is 0 Å². The van der Waals surface area contributed by atoms with Crippen molar-refractivity contribution in [2.45, 2.75) is 192 Å². The van der Waals surface area contributed by atoms with E-state index in [0.717, 1.165) is 11.1 Å². The van der Waals surface area contributed by atoms with E-state index in [1.165, 1.54) is 49.1 Å². The lowest BCUT2D eigenvalue weighted by molar-refractivity contribution is -0.149. The molecule has 25 heteroatoms. The summed E-state index contributed by atoms with van der Waals surface area (Å²) in [5, 5.41) is 26.4. The molecular formula is C73H95FN10O14. The van der Waals surface area contributed by atoms with Crippen molar-refractivity contribution in [1.82, 2.24) is 46.7 Å². The average Bonchev–Trinajstić information content (AvgIpc) is 1.47. The summed E-state index contributed by atoms with van der Waals surface area (Å²) in [5.41, 5.74) is 8.16. The number of nitrogens with two attached hydrogens (primary N) is 1. The molecule has 528 valence electrons. The van der Waals surface area contributed by atoms with E-state index in [-0.39, 0.29) is 83.5 Å². The molecule has 7 rings (SSSR count). The van der Waals surface area contributed by atoms with E-state index in [0.29, 0.717) is 58.2 Å². The van der Waals surface area contributed by atoms with E-state index < -0.39 is 137 Å². The summed E-state index contributed by atoms with van der Waals surface area (Å²) >= 11 is 0. The molecule has 24 nitrogen and oxygen atoms in total. The highest BCUT2D eigenvalue weighted by Gasteiger charge is 2.48. The Kier molecular flexibility index (Phi) is 26.9. The summed E-state index contributed by atoms with van der Waals surface area (Å²) in [6.07, 6.45) is -0.431. The maximum Gasteiger partial charge on any atom is 0.303 e. The zero-order valence-corrected chi connectivity index (χ0v) is 57.5. The number of ketones is 2. The molecule has 10 N–H and O–H groups in total. The van der Waals surface area contributed by atoms with Gasteiger partial charge in [0, 0.05) is 88.3 Å². The SMILES string of the molecule is CC[C@@H](NC(=O)[C@H](C)N)C(=O)N[C@H]1Cc2cccc(c2)CNC(=O)CCC(C(=O)C[C@H](C(=O)N[C@@H](Cc2ccc(OC)cc2)C(=O)N2CCC[C@@]2(C)C(=O)NCCc2ccc(CNC(=O)CCC(=O)O)cc2)[C@@H](C)OC(C)(C)C)N(C)C(=O)[C@H](Cc2c[nH]c3ccc(F)cc23)CC1=O. The van der Waals surface area contributed by atoms with Gasteiger partial charge >= 0.3 is 5.97 Å². The van der Waals surface area contributed by atoms with Gasteiger partial charge in [-0.25, -0.2) is 4.39 Å². The average molecular weight is 1360 g/mol. The molecular weight excluding hydrogens is 1260 g/mol. The number of likely N-dealkylation sites (tertiary alicyclic amines) is 1. The predicted octanol–water partition coefficient (Wildman–Crippen LogP) is 5.37. The smallest absolute Gasteiger partial charge is 0.303 e. The van der Waals surface area contributed by atoms with E-state index in [4.69, 9.17) is 20.3 Å². The number of carboxylic acid groups (broad SMARTS) is 1. The quantitative estimate of drug-likeness (QED) is 0.0319. The molecule has 1 aromatic heterocycles. The number of ether oxygens (including phenoxy) is 2. The number of rotatable bonds is 27. The van der Waals surface area contributed by atoms with Crippen molar-refractivity contribution in [3.05, 3.63) is 136 Å². The first-order valence-corrected chi connectivity index (χ1v) is 33.5. The number of halogens is 1. The van der Waals surface area contributed by atoms with Gasteiger partial charge in [0.25, 0.3) is 0 Å². The monoisotopic (exact) mass is 1350 g/mol. The van der Waals surface area contributed by atoms with Crippen LogP contribution in [0.5, 0.6) is 5.75 Å². The number of carbonyl (C=O) groups is 11. The van der Waals surface area contributed by atoms with Crippen LogP contribution in [0.1, 0.15) is 140 Å². The van der Waals surface area contributed by atoms with Gasteiger partial charge in [-0.3, -0.25) is 52.7 Å². The number of methoxy groups -OCH3 is 1. The van der Waals surface area contributed by atoms with Crippen molar-refractivity contribution in [3.63, 3.8) is 0 Å². The second kappa shape index (κ2) is 34.7. The predicted molar refractivity (Wildman–Crippen MR) is 364 cm³/mol. The van der Waals surface area contributed by atoms with Crippen LogP contribution < -0.4 is 42.4 Å². The van der Waals surface area contributed by atoms with Gasteiger partial charge in [-0.1, -0.05) is 67.6 Å². The molecule has 9 atom stereocenters. The summed E-state index contributed by atoms with van der Waals surface area (Å²) in [6, 6.07) is 19.4. The molecule has 0 radical (unpaired) electrons. The zero-order valence-electron chi connectivity index (χ0n) is 57.5. The van der Waals surface area contributed by atoms with Gasteiger partial charge in [0.2, 0.25) is 47.3 Å². The third-order valence-electron chi connectivity index (χ3n) is 18.2. The van der Waals surface area contributed by atoms with Gasteiger partial charge in [-0.15, -0.1) is 0 Å². The first-order valence-electron chi connectivity index (χ1n) is 33.5. The number of fused-ring (bicyclic) bond motifs is 3. The number of aromatic nitrogens is 1. The number of aromatic amines is 1. The van der Waals surface area contributed by atoms with Crippen molar-refractivity contribution >= 4 is 75.7 Å². The molecule has 1 saturated heterocycles. The maximum atomic E-state index is 15.6. The first kappa shape index (κ1) is 76.0. The normalized spacial score (nSPS) is 19.5. The molecule has 0 aliphatic carbocycles. The lowest BCUT2D eigenvalue weighted by atomic mass is 9.87. The second-order valence-electron chi connectivity index (χ2n) is 26.9. The number of H-pyrrole nitrogens is 1. The van der Waals surface area contributed by atoms with Gasteiger partial charge in [0.15, 0.2) is 11.6 Å². The van der Waals surface area contributed by atoms with E-state index >= 15 is 24.0 Å². The summed E-state index contributed by atoms with van der Waals surface area (Å²) in [5.74, 6) is -9.53. The number of aliphatic carboxylic acids is 1. The van der Waals surface area contributed by atoms with Crippen molar-refractivity contribution < 1.29 is 71.7 Å². The highest BCUT2D eigenvalue weighted by atomic mass is 19.1. The Morgan fingerprint density at radius 2 is 1.52 bits per heavy atom. The highest BCUT2D eigenvalue weighted by Crippen LogP contribution is 2.33. The van der Waals surface area contributed by atoms with Crippen LogP contribution in [0.15, 0.2) is 97.2 Å². The van der Waals surface area contributed by atoms with Crippen LogP contribution >= 0.6 is 0 Å². The fourth-order valence-corrected chi connectivity index (χ4v) is 12.6. The number of amides is 8. The lowest BCUT2D eigenvalue weighted by Gasteiger charge is -2.37. The third kappa shape index (κ3) is 21.3. The number of hydrogen-bond acceptors (Lipinski definition) is 14. The molecule has 1 fully saturated rings. The fourth-order valence-electron chi connectivity index (χ4n) is 12.6. The number of carboxylic acids is 1. The Labute approximate surface area is 571 Å². The Morgan fingerprint density at radius 1 is 0.837 bits per heavy atom. The number of Topliss-reactive ketones (excluding diaryl/α,β-unsaturated/α-hetero) is 2. The summed E-state index contributed by atoms with van der Waals surface area (Å²) in [7, 11) is 2.89. The van der Waals surface area contributed by atoms with Crippen molar-refractivity contribution in [2.75, 3.05) is 27.2 Å². The van der Waals surface area contributed by atoms with Crippen LogP contribution in [0, 0.1) is 17.7 Å². The minimum absolute atomic E-state index is 0.0309. The second-order valence-corrected chi connectivity index (χ2v) is 26.9. The van der Waals surface area contributed by atoms with Gasteiger partial charge < -0.3 is 67.0 Å². The van der Waals surface area contributed by atoms with Crippen molar-refractivity contribution in [2.24, 2.45) is 17.6 Å². The first-order chi connectivity index (χ1) is 46.4. The van der Waals surface area contributed by atoms with E-state index in [2.05, 4.69) is 36.9 Å². The molecule has 3 heterocycles. The Balaban J connectivity index is 1.19. The number of benzene rings is 4. The van der Waals surface area contributed by atoms with Gasteiger partial charge in [0.1, 0.15) is 29.2 Å². The van der Waals surface area contributed by atoms with Crippen LogP contribution in [0.4, 0.5) is 4.39 Å². The van der Waals surface area contributed by atoms with Gasteiger partial charge in [-0.2, -0.15) is 0 Å². The fraction of sp³-hybridized carbons (Fsp3) is 0.493. The zero-order chi connectivity index (χ0) is 71.6. The van der Waals surface area contributed by atoms with Gasteiger partial charge in [0.05, 0.1) is 49.3 Å². The number of nitrogens with one attached hydrogen (secondary N) is 7. The minimum atomic E-state index is -1.42. The summed E-state index contributed by atoms with van der Waals surface area (Å²) < 4.78 is 26.9. The molecule has 0 spiro atoms. The van der Waals surface area contributed by atoms with Crippen LogP contribution in [-0.4, -0.2) is 159 Å². The molecule has 98 heavy (non-hydrogen) atoms. The summed E-state index contributed by atoms with van der Waals surface area (Å²) in [4.78, 5) is 161. The van der Waals surface area contributed by atoms with E-state index in [9.17, 15) is 33.2 Å². The van der Waals surface area contributed by atoms with Crippen LogP contribution in [0.25, 0.3) is 10.9 Å². The Morgan fingerprint density at radius 3 is 2.19 bits per heavy atom. The van der Waals surface area contributed by atoms with Crippen LogP contribution in [0.2, 0.25) is 0 Å². The molecule has 2 aliphatic heterocycles. The molecule has 1 unspecified atom stereocenters. The Hall–Kier alpha value is -9.36. The number of carbonyl (C=O) groups excluding carboxylic acids is 10. The molecule has 5 aromatic rings. The summed E-state index contributed by atoms with van der Waals surface area (Å²) in [6.45, 7) is 12.4. The molecule has 2 aliphatic rings. The number of likely N-dealkylation sites (N-methyl/N-ethyl adjacent to an activating group) is 1. The van der Waals surface area contributed by atoms with E-state index in [1.54, 1.807) is 96.3 Å². The Bertz CT molecular complexity index is 3680. The standard InChI is InChI=1S/C73H95FN10O14/c1-10-56(80-66(91)43(2)75)68(93)81-58-35-48-13-11-14-49(33-48)41-79-63(87)26-25-60(83(8)69(94)50(37-61(58)85)36-51-42-77-57-24-21-52(74)38-55(51)57)62(86)39-54(44(3)98-72(4,5)6)67(92)82-59(34-46-19-22-53(97-9)23-20-46)70(95)84-32-12-30-73(84,7)71(96)76-31-29-45-15-17-47(18-16-45)40-78-64(88)27-28-65(89)90/h11,13-24,33,38,42-44,50,54,56,58-60,77H,10,12,25-32,34-37,39-41,75H2,1-9H3,(H,76,96)(H,78,88)(H,79,87)(H,80,91)(H,81,93)(H,82,92)(H,89,90)/t43-,44+,50+,54-,56+,58-,59-,60?,73-/m0/s1. The topological polar surface area (TPSA) is 347 Å². The third-order valence-corrected chi connectivity index (χ3v) is 18.2. The minimum Gasteiger partial charge on any atom is -0.497 e. The molecule has 0 saturated carbocycles. The largest absolute Gasteiger partial charge is 0.497 e. The molecule has 8 amide bonds. The van der Waals surface area contributed by atoms with Crippen LogP contribution in [-0.2, 0) is 96.2 Å². The molecule has 2 bridgehead atoms. The van der Waals surface area contributed by atoms with Crippen molar-refractivity contribution in [1.29, 1.82) is 0 Å². The lowest BCUT2D eigenvalue weighted by Crippen LogP contribution is -2.61. The van der Waals surface area contributed by atoms with Crippen molar-refractivity contribution in [3.8, 4) is 5.75 Å². The molecule has 4 aromatic carbocycles. The number of nitrogens with zero attached hydrogens (tertiary/aromatic N) is 2. The maximum absolute atomic E-state index is 15.6. The van der Waals surface area contributed by atoms with E-state index in [1.807, 2.05) is 24.3 Å². The highest BCUT2D eigenvalue weighted by molar-refractivity contribution is 5.99. The van der Waals surface area contributed by atoms with Gasteiger partial charge in [-0.05, 0) is 150 Å².